The van der Waals surface area contributed by atoms with Crippen molar-refractivity contribution in [3.05, 3.63) is 54.1 Å². The van der Waals surface area contributed by atoms with Crippen LogP contribution in [-0.4, -0.2) is 66.6 Å². The molecule has 8 heteroatoms. The van der Waals surface area contributed by atoms with Gasteiger partial charge in [0.05, 0.1) is 59.5 Å². The van der Waals surface area contributed by atoms with Gasteiger partial charge in [0, 0.05) is 5.46 Å². The second-order valence-corrected chi connectivity index (χ2v) is 6.91. The Morgan fingerprint density at radius 1 is 0.600 bits per heavy atom. The van der Waals surface area contributed by atoms with Crippen molar-refractivity contribution in [2.45, 2.75) is 6.10 Å². The van der Waals surface area contributed by atoms with Crippen molar-refractivity contribution in [1.82, 2.24) is 0 Å². The highest BCUT2D eigenvalue weighted by molar-refractivity contribution is 6.64. The second kappa shape index (κ2) is 11.3. The molecule has 0 N–H and O–H groups in total. The van der Waals surface area contributed by atoms with Gasteiger partial charge in [-0.1, -0.05) is 36.4 Å². The van der Waals surface area contributed by atoms with E-state index < -0.39 is 7.12 Å². The van der Waals surface area contributed by atoms with Crippen LogP contribution in [0.15, 0.2) is 48.5 Å². The van der Waals surface area contributed by atoms with Gasteiger partial charge in [-0.05, 0) is 17.7 Å². The number of fused-ring (bicyclic) bond motifs is 1. The van der Waals surface area contributed by atoms with Crippen LogP contribution in [0, 0.1) is 0 Å². The van der Waals surface area contributed by atoms with Gasteiger partial charge < -0.3 is 33.0 Å². The summed E-state index contributed by atoms with van der Waals surface area (Å²) in [7, 11) is -0.518. The molecule has 0 radical (unpaired) electrons. The van der Waals surface area contributed by atoms with Crippen molar-refractivity contribution in [2.75, 3.05) is 59.5 Å². The highest BCUT2D eigenvalue weighted by Gasteiger charge is 2.37. The Labute approximate surface area is 177 Å². The summed E-state index contributed by atoms with van der Waals surface area (Å²) in [6, 6.07) is 15.7. The zero-order valence-corrected chi connectivity index (χ0v) is 17.0. The van der Waals surface area contributed by atoms with E-state index in [0.29, 0.717) is 59.5 Å². The predicted octanol–water partition coefficient (Wildman–Crippen LogP) is 1.99. The van der Waals surface area contributed by atoms with Gasteiger partial charge in [0.2, 0.25) is 0 Å². The van der Waals surface area contributed by atoms with E-state index in [0.717, 1.165) is 22.5 Å². The lowest BCUT2D eigenvalue weighted by atomic mass is 9.75. The lowest BCUT2D eigenvalue weighted by Gasteiger charge is -2.22. The van der Waals surface area contributed by atoms with E-state index in [4.69, 9.17) is 33.0 Å². The molecule has 2 aromatic carbocycles. The van der Waals surface area contributed by atoms with Crippen molar-refractivity contribution >= 4 is 12.6 Å². The fourth-order valence-electron chi connectivity index (χ4n) is 3.37. The third-order valence-electron chi connectivity index (χ3n) is 4.85. The Morgan fingerprint density at radius 3 is 1.80 bits per heavy atom. The number of hydrogen-bond donors (Lipinski definition) is 0. The lowest BCUT2D eigenvalue weighted by molar-refractivity contribution is -0.0468. The van der Waals surface area contributed by atoms with E-state index in [1.54, 1.807) is 0 Å². The summed E-state index contributed by atoms with van der Waals surface area (Å²) in [5.74, 6) is 1.48. The van der Waals surface area contributed by atoms with E-state index in [-0.39, 0.29) is 6.10 Å². The van der Waals surface area contributed by atoms with Crippen molar-refractivity contribution in [2.24, 2.45) is 0 Å². The van der Waals surface area contributed by atoms with Gasteiger partial charge in [0.15, 0.2) is 0 Å². The van der Waals surface area contributed by atoms with E-state index in [1.165, 1.54) is 0 Å². The molecule has 2 aliphatic rings. The number of benzene rings is 2. The van der Waals surface area contributed by atoms with Gasteiger partial charge in [-0.2, -0.15) is 0 Å². The Hall–Kier alpha value is -2.10. The minimum atomic E-state index is -0.518. The number of hydrogen-bond acceptors (Lipinski definition) is 7. The van der Waals surface area contributed by atoms with Gasteiger partial charge in [-0.25, -0.2) is 0 Å². The van der Waals surface area contributed by atoms with Gasteiger partial charge >= 0.3 is 7.12 Å². The molecule has 1 saturated heterocycles. The van der Waals surface area contributed by atoms with Crippen LogP contribution < -0.4 is 14.8 Å². The standard InChI is InChI=1S/C22H27BO7/c1-2-6-19(23-29-20-7-3-4-8-21(20)30-23)18(5-1)22-17-27-14-13-25-10-9-24-11-12-26-15-16-28-22/h1-8,22H,9-17H2. The molecule has 30 heavy (non-hydrogen) atoms. The van der Waals surface area contributed by atoms with E-state index >= 15 is 0 Å². The average molecular weight is 414 g/mol. The van der Waals surface area contributed by atoms with Crippen LogP contribution in [0.4, 0.5) is 0 Å². The first-order chi connectivity index (χ1) is 14.9. The monoisotopic (exact) mass is 414 g/mol. The molecule has 0 amide bonds. The smallest absolute Gasteiger partial charge is 0.519 e. The normalized spacial score (nSPS) is 21.6. The molecule has 2 aliphatic heterocycles. The Morgan fingerprint density at radius 2 is 1.13 bits per heavy atom. The largest absolute Gasteiger partial charge is 0.633 e. The first-order valence-corrected chi connectivity index (χ1v) is 10.4. The zero-order valence-electron chi connectivity index (χ0n) is 17.0. The van der Waals surface area contributed by atoms with Crippen LogP contribution in [-0.2, 0) is 23.7 Å². The molecule has 0 aliphatic carbocycles. The zero-order chi connectivity index (χ0) is 20.4. The van der Waals surface area contributed by atoms with Gasteiger partial charge in [-0.3, -0.25) is 0 Å². The van der Waals surface area contributed by atoms with Crippen molar-refractivity contribution in [1.29, 1.82) is 0 Å². The molecule has 1 fully saturated rings. The topological polar surface area (TPSA) is 64.6 Å². The predicted molar refractivity (Wildman–Crippen MR) is 111 cm³/mol. The first-order valence-electron chi connectivity index (χ1n) is 10.4. The van der Waals surface area contributed by atoms with Crippen molar-refractivity contribution in [3.8, 4) is 11.5 Å². The maximum atomic E-state index is 6.14. The SMILES string of the molecule is c1ccc2c(c1)OB(c1ccccc1C1COCCOCCOCCOCCO1)O2. The Kier molecular flexibility index (Phi) is 7.99. The summed E-state index contributed by atoms with van der Waals surface area (Å²) in [4.78, 5) is 0. The van der Waals surface area contributed by atoms with E-state index in [1.807, 2.05) is 48.5 Å². The van der Waals surface area contributed by atoms with Gasteiger partial charge in [0.1, 0.15) is 17.6 Å². The molecule has 0 spiro atoms. The maximum absolute atomic E-state index is 6.14. The molecule has 4 rings (SSSR count). The fraction of sp³-hybridized carbons (Fsp3) is 0.455. The van der Waals surface area contributed by atoms with Crippen LogP contribution in [0.25, 0.3) is 0 Å². The van der Waals surface area contributed by atoms with Crippen LogP contribution >= 0.6 is 0 Å². The van der Waals surface area contributed by atoms with Crippen LogP contribution in [0.5, 0.6) is 11.5 Å². The molecule has 2 heterocycles. The van der Waals surface area contributed by atoms with Crippen LogP contribution in [0.3, 0.4) is 0 Å². The minimum absolute atomic E-state index is 0.276. The summed E-state index contributed by atoms with van der Waals surface area (Å²) < 4.78 is 40.6. The molecule has 7 nitrogen and oxygen atoms in total. The van der Waals surface area contributed by atoms with Gasteiger partial charge in [-0.15, -0.1) is 0 Å². The number of ether oxygens (including phenoxy) is 5. The maximum Gasteiger partial charge on any atom is 0.633 e. The van der Waals surface area contributed by atoms with Gasteiger partial charge in [0.25, 0.3) is 0 Å². The number of para-hydroxylation sites is 2. The summed E-state index contributed by atoms with van der Waals surface area (Å²) in [5, 5.41) is 0. The summed E-state index contributed by atoms with van der Waals surface area (Å²) in [5.41, 5.74) is 1.90. The van der Waals surface area contributed by atoms with Crippen molar-refractivity contribution < 1.29 is 33.0 Å². The van der Waals surface area contributed by atoms with Crippen LogP contribution in [0.1, 0.15) is 11.7 Å². The van der Waals surface area contributed by atoms with Crippen LogP contribution in [0.2, 0.25) is 0 Å². The quantitative estimate of drug-likeness (QED) is 0.697. The molecule has 0 aromatic heterocycles. The molecule has 2 aromatic rings. The summed E-state index contributed by atoms with van der Waals surface area (Å²) in [6.45, 7) is 4.51. The molecule has 160 valence electrons. The van der Waals surface area contributed by atoms with Crippen molar-refractivity contribution in [3.63, 3.8) is 0 Å². The Bertz CT molecular complexity index is 747. The van der Waals surface area contributed by atoms with E-state index in [9.17, 15) is 0 Å². The first kappa shape index (κ1) is 21.1. The molecular weight excluding hydrogens is 387 g/mol. The lowest BCUT2D eigenvalue weighted by Crippen LogP contribution is -2.42. The molecule has 0 saturated carbocycles. The average Bonchev–Trinajstić information content (AvgIpc) is 3.21. The summed E-state index contributed by atoms with van der Waals surface area (Å²) >= 11 is 0. The highest BCUT2D eigenvalue weighted by atomic mass is 16.6. The number of rotatable bonds is 2. The fourth-order valence-corrected chi connectivity index (χ4v) is 3.37. The Balaban J connectivity index is 1.46. The minimum Gasteiger partial charge on any atom is -0.519 e. The van der Waals surface area contributed by atoms with E-state index in [2.05, 4.69) is 0 Å². The highest BCUT2D eigenvalue weighted by Crippen LogP contribution is 2.33. The molecule has 1 atom stereocenters. The second-order valence-electron chi connectivity index (χ2n) is 6.91. The molecule has 1 unspecified atom stereocenters. The third-order valence-corrected chi connectivity index (χ3v) is 4.85. The third kappa shape index (κ3) is 5.74. The molecule has 0 bridgehead atoms. The molecular formula is C22H27BO7. The summed E-state index contributed by atoms with van der Waals surface area (Å²) in [6.07, 6.45) is -0.276.